The van der Waals surface area contributed by atoms with E-state index in [4.69, 9.17) is 16.3 Å². The first-order chi connectivity index (χ1) is 9.49. The van der Waals surface area contributed by atoms with Gasteiger partial charge in [-0.05, 0) is 24.7 Å². The second-order valence-corrected chi connectivity index (χ2v) is 7.03. The highest BCUT2D eigenvalue weighted by molar-refractivity contribution is 7.18. The summed E-state index contributed by atoms with van der Waals surface area (Å²) in [6.07, 6.45) is 4.81. The third-order valence-corrected chi connectivity index (χ3v) is 5.33. The Bertz CT molecular complexity index is 488. The number of aromatic nitrogens is 1. The van der Waals surface area contributed by atoms with E-state index in [0.717, 1.165) is 24.6 Å². The molecular weight excluding hydrogens is 296 g/mol. The Morgan fingerprint density at radius 1 is 1.60 bits per heavy atom. The monoisotopic (exact) mass is 316 g/mol. The van der Waals surface area contributed by atoms with E-state index in [1.54, 1.807) is 0 Å². The molecule has 0 aliphatic carbocycles. The first-order valence-corrected chi connectivity index (χ1v) is 8.18. The van der Waals surface area contributed by atoms with Crippen LogP contribution in [0.25, 0.3) is 0 Å². The summed E-state index contributed by atoms with van der Waals surface area (Å²) in [6, 6.07) is 0. The van der Waals surface area contributed by atoms with Crippen LogP contribution in [0, 0.1) is 5.41 Å². The van der Waals surface area contributed by atoms with Crippen molar-refractivity contribution in [3.8, 4) is 0 Å². The quantitative estimate of drug-likeness (QED) is 0.788. The van der Waals surface area contributed by atoms with Crippen molar-refractivity contribution >= 4 is 34.0 Å². The van der Waals surface area contributed by atoms with Crippen LogP contribution in [0.3, 0.4) is 0 Å². The number of piperidine rings is 1. The number of hydrogen-bond donors (Lipinski definition) is 0. The number of anilines is 1. The summed E-state index contributed by atoms with van der Waals surface area (Å²) in [7, 11) is 1.36. The molecule has 2 rings (SSSR count). The minimum absolute atomic E-state index is 0.250. The summed E-state index contributed by atoms with van der Waals surface area (Å²) in [6.45, 7) is 6.51. The van der Waals surface area contributed by atoms with E-state index < -0.39 is 5.97 Å². The molecule has 112 valence electrons. The van der Waals surface area contributed by atoms with Crippen molar-refractivity contribution in [2.75, 3.05) is 25.1 Å². The predicted molar refractivity (Wildman–Crippen MR) is 82.9 cm³/mol. The van der Waals surface area contributed by atoms with E-state index >= 15 is 0 Å². The van der Waals surface area contributed by atoms with Crippen molar-refractivity contribution in [3.05, 3.63) is 10.0 Å². The van der Waals surface area contributed by atoms with Crippen molar-refractivity contribution in [2.24, 2.45) is 5.41 Å². The maximum absolute atomic E-state index is 11.6. The molecule has 0 N–H and O–H groups in total. The number of esters is 1. The van der Waals surface area contributed by atoms with E-state index in [-0.39, 0.29) is 5.15 Å². The average molecular weight is 317 g/mol. The highest BCUT2D eigenvalue weighted by Gasteiger charge is 2.32. The predicted octanol–water partition coefficient (Wildman–Crippen LogP) is 3.99. The molecule has 1 aliphatic rings. The lowest BCUT2D eigenvalue weighted by molar-refractivity contribution is 0.0606. The first kappa shape index (κ1) is 15.6. The largest absolute Gasteiger partial charge is 0.465 e. The van der Waals surface area contributed by atoms with E-state index in [1.165, 1.54) is 37.7 Å². The van der Waals surface area contributed by atoms with Crippen LogP contribution in [0.1, 0.15) is 49.2 Å². The maximum Gasteiger partial charge on any atom is 0.351 e. The van der Waals surface area contributed by atoms with Gasteiger partial charge in [0.25, 0.3) is 0 Å². The topological polar surface area (TPSA) is 42.4 Å². The minimum atomic E-state index is -0.410. The zero-order valence-electron chi connectivity index (χ0n) is 12.2. The van der Waals surface area contributed by atoms with Crippen LogP contribution < -0.4 is 4.90 Å². The van der Waals surface area contributed by atoms with Gasteiger partial charge in [-0.2, -0.15) is 0 Å². The summed E-state index contributed by atoms with van der Waals surface area (Å²) in [5.41, 5.74) is 0.330. The fourth-order valence-electron chi connectivity index (χ4n) is 2.93. The van der Waals surface area contributed by atoms with Gasteiger partial charge in [0.15, 0.2) is 15.2 Å². The normalized spacial score (nSPS) is 22.9. The SMILES string of the molecule is CCCC1(C)CCCN(c2nc(Cl)c(C(=O)OC)s2)C1. The van der Waals surface area contributed by atoms with Gasteiger partial charge in [-0.25, -0.2) is 9.78 Å². The van der Waals surface area contributed by atoms with Crippen molar-refractivity contribution in [1.82, 2.24) is 4.98 Å². The lowest BCUT2D eigenvalue weighted by Crippen LogP contribution is -2.41. The summed E-state index contributed by atoms with van der Waals surface area (Å²) in [5, 5.41) is 1.08. The standard InChI is InChI=1S/C14H21ClN2O2S/c1-4-6-14(2)7-5-8-17(9-14)13-16-11(15)10(20-13)12(18)19-3/h4-9H2,1-3H3. The van der Waals surface area contributed by atoms with E-state index in [2.05, 4.69) is 23.7 Å². The van der Waals surface area contributed by atoms with Crippen LogP contribution in [-0.2, 0) is 4.74 Å². The second kappa shape index (κ2) is 6.31. The number of carbonyl (C=O) groups excluding carboxylic acids is 1. The van der Waals surface area contributed by atoms with Crippen LogP contribution in [0.15, 0.2) is 0 Å². The van der Waals surface area contributed by atoms with E-state index in [0.29, 0.717) is 10.3 Å². The van der Waals surface area contributed by atoms with Gasteiger partial charge in [-0.15, -0.1) is 0 Å². The molecule has 0 saturated carbocycles. The molecule has 1 fully saturated rings. The molecule has 0 bridgehead atoms. The second-order valence-electron chi connectivity index (χ2n) is 5.69. The van der Waals surface area contributed by atoms with Gasteiger partial charge in [0.1, 0.15) is 0 Å². The highest BCUT2D eigenvalue weighted by Crippen LogP contribution is 2.38. The molecule has 1 aromatic rings. The molecular formula is C14H21ClN2O2S. The van der Waals surface area contributed by atoms with Crippen molar-refractivity contribution in [2.45, 2.75) is 39.5 Å². The van der Waals surface area contributed by atoms with Crippen LogP contribution >= 0.6 is 22.9 Å². The van der Waals surface area contributed by atoms with Gasteiger partial charge in [0.05, 0.1) is 7.11 Å². The Labute approximate surface area is 129 Å². The third-order valence-electron chi connectivity index (χ3n) is 3.85. The fourth-order valence-corrected chi connectivity index (χ4v) is 4.16. The number of hydrogen-bond acceptors (Lipinski definition) is 5. The molecule has 1 aromatic heterocycles. The lowest BCUT2D eigenvalue weighted by Gasteiger charge is -2.40. The Morgan fingerprint density at radius 2 is 2.35 bits per heavy atom. The fraction of sp³-hybridized carbons (Fsp3) is 0.714. The van der Waals surface area contributed by atoms with Crippen molar-refractivity contribution in [3.63, 3.8) is 0 Å². The van der Waals surface area contributed by atoms with Crippen LogP contribution in [0.2, 0.25) is 5.15 Å². The molecule has 4 nitrogen and oxygen atoms in total. The number of nitrogens with zero attached hydrogens (tertiary/aromatic N) is 2. The Morgan fingerprint density at radius 3 is 3.00 bits per heavy atom. The van der Waals surface area contributed by atoms with E-state index in [9.17, 15) is 4.79 Å². The molecule has 1 saturated heterocycles. The molecule has 0 aromatic carbocycles. The number of halogens is 1. The molecule has 0 spiro atoms. The molecule has 1 aliphatic heterocycles. The average Bonchev–Trinajstić information content (AvgIpc) is 2.80. The Kier molecular flexibility index (Phi) is 4.91. The molecule has 1 unspecified atom stereocenters. The lowest BCUT2D eigenvalue weighted by atomic mass is 9.78. The summed E-state index contributed by atoms with van der Waals surface area (Å²) >= 11 is 7.37. The number of ether oxygens (including phenoxy) is 1. The summed E-state index contributed by atoms with van der Waals surface area (Å²) in [5.74, 6) is -0.410. The summed E-state index contributed by atoms with van der Waals surface area (Å²) < 4.78 is 4.73. The Balaban J connectivity index is 2.17. The van der Waals surface area contributed by atoms with Gasteiger partial charge in [-0.1, -0.05) is 43.2 Å². The minimum Gasteiger partial charge on any atom is -0.465 e. The third kappa shape index (κ3) is 3.26. The molecule has 2 heterocycles. The molecule has 0 amide bonds. The molecule has 6 heteroatoms. The number of carbonyl (C=O) groups is 1. The number of methoxy groups -OCH3 is 1. The van der Waals surface area contributed by atoms with Crippen LogP contribution in [0.5, 0.6) is 0 Å². The summed E-state index contributed by atoms with van der Waals surface area (Å²) in [4.78, 5) is 18.6. The van der Waals surface area contributed by atoms with Crippen molar-refractivity contribution in [1.29, 1.82) is 0 Å². The zero-order chi connectivity index (χ0) is 14.8. The Hall–Kier alpha value is -0.810. The van der Waals surface area contributed by atoms with Crippen molar-refractivity contribution < 1.29 is 9.53 Å². The number of rotatable bonds is 4. The van der Waals surface area contributed by atoms with Gasteiger partial charge in [0, 0.05) is 13.1 Å². The smallest absolute Gasteiger partial charge is 0.351 e. The number of thiazole rings is 1. The molecule has 20 heavy (non-hydrogen) atoms. The van der Waals surface area contributed by atoms with E-state index in [1.807, 2.05) is 0 Å². The maximum atomic E-state index is 11.6. The van der Waals surface area contributed by atoms with Gasteiger partial charge in [0.2, 0.25) is 0 Å². The van der Waals surface area contributed by atoms with Gasteiger partial charge < -0.3 is 9.64 Å². The molecule has 1 atom stereocenters. The van der Waals surface area contributed by atoms with Crippen LogP contribution in [0.4, 0.5) is 5.13 Å². The van der Waals surface area contributed by atoms with Gasteiger partial charge >= 0.3 is 5.97 Å². The zero-order valence-corrected chi connectivity index (χ0v) is 13.8. The van der Waals surface area contributed by atoms with Gasteiger partial charge in [-0.3, -0.25) is 0 Å². The molecule has 0 radical (unpaired) electrons. The first-order valence-electron chi connectivity index (χ1n) is 6.98. The van der Waals surface area contributed by atoms with Crippen LogP contribution in [-0.4, -0.2) is 31.2 Å². The highest BCUT2D eigenvalue weighted by atomic mass is 35.5.